The second-order valence-corrected chi connectivity index (χ2v) is 9.67. The number of benzene rings is 3. The number of rotatable bonds is 5. The van der Waals surface area contributed by atoms with Crippen LogP contribution in [0.1, 0.15) is 17.0 Å². The summed E-state index contributed by atoms with van der Waals surface area (Å²) in [6.07, 6.45) is 0. The first-order valence-electron chi connectivity index (χ1n) is 9.94. The van der Waals surface area contributed by atoms with E-state index in [9.17, 15) is 10.1 Å². The highest BCUT2D eigenvalue weighted by molar-refractivity contribution is 6.55. The van der Waals surface area contributed by atoms with E-state index in [4.69, 9.17) is 89.5 Å². The summed E-state index contributed by atoms with van der Waals surface area (Å²) >= 11 is 36.3. The van der Waals surface area contributed by atoms with E-state index in [1.807, 2.05) is 6.07 Å². The molecule has 0 fully saturated rings. The minimum Gasteiger partial charge on any atom is -0.479 e. The first kappa shape index (κ1) is 26.6. The van der Waals surface area contributed by atoms with Crippen LogP contribution >= 0.6 is 69.6 Å². The Balaban J connectivity index is 1.56. The summed E-state index contributed by atoms with van der Waals surface area (Å²) in [5, 5.41) is 9.79. The molecule has 0 amide bonds. The molecule has 1 aliphatic rings. The Labute approximate surface area is 235 Å². The van der Waals surface area contributed by atoms with E-state index in [2.05, 4.69) is 6.07 Å². The fourth-order valence-corrected chi connectivity index (χ4v) is 4.96. The third kappa shape index (κ3) is 5.14. The zero-order valence-electron chi connectivity index (χ0n) is 17.8. The van der Waals surface area contributed by atoms with Crippen molar-refractivity contribution in [3.8, 4) is 23.3 Å². The Morgan fingerprint density at radius 1 is 0.972 bits per heavy atom. The molecule has 4 rings (SSSR count). The standard InChI is InChI=1S/C24H12Cl6N2O4/c25-11-3-1-2-10(6-11)17-13-5-4-12(7-15(13)36-24(32)14(17)8-31)35-16(33)9-34-23-21(29)19(27)18(26)20(28)22(23)30/h1-7,17H,9,32H2. The number of hydrogen-bond acceptors (Lipinski definition) is 6. The Morgan fingerprint density at radius 3 is 2.28 bits per heavy atom. The van der Waals surface area contributed by atoms with Gasteiger partial charge in [0.25, 0.3) is 0 Å². The molecule has 0 aliphatic carbocycles. The normalized spacial score (nSPS) is 14.5. The van der Waals surface area contributed by atoms with Crippen molar-refractivity contribution in [1.29, 1.82) is 5.26 Å². The molecular weight excluding hydrogens is 593 g/mol. The Kier molecular flexibility index (Phi) is 8.01. The number of nitriles is 1. The largest absolute Gasteiger partial charge is 0.479 e. The number of esters is 1. The quantitative estimate of drug-likeness (QED) is 0.138. The molecule has 0 saturated heterocycles. The molecular formula is C24H12Cl6N2O4. The zero-order chi connectivity index (χ0) is 26.1. The number of hydrogen-bond donors (Lipinski definition) is 1. The molecule has 6 nitrogen and oxygen atoms in total. The van der Waals surface area contributed by atoms with E-state index < -0.39 is 18.5 Å². The van der Waals surface area contributed by atoms with E-state index >= 15 is 0 Å². The van der Waals surface area contributed by atoms with Gasteiger partial charge in [-0.2, -0.15) is 5.26 Å². The molecule has 1 atom stereocenters. The maximum absolute atomic E-state index is 12.4. The van der Waals surface area contributed by atoms with Crippen LogP contribution < -0.4 is 19.9 Å². The number of fused-ring (bicyclic) bond motifs is 1. The highest BCUT2D eigenvalue weighted by Crippen LogP contribution is 2.48. The molecule has 0 aromatic heterocycles. The minimum atomic E-state index is -0.785. The van der Waals surface area contributed by atoms with Crippen molar-refractivity contribution >= 4 is 75.6 Å². The van der Waals surface area contributed by atoms with Gasteiger partial charge in [-0.15, -0.1) is 0 Å². The molecule has 3 aromatic rings. The van der Waals surface area contributed by atoms with Crippen LogP contribution in [-0.4, -0.2) is 12.6 Å². The number of nitrogens with two attached hydrogens (primary N) is 1. The van der Waals surface area contributed by atoms with Crippen LogP contribution in [0.25, 0.3) is 0 Å². The molecule has 0 radical (unpaired) electrons. The van der Waals surface area contributed by atoms with Gasteiger partial charge in [0.2, 0.25) is 5.88 Å². The lowest BCUT2D eigenvalue weighted by molar-refractivity contribution is -0.136. The molecule has 1 unspecified atom stereocenters. The summed E-state index contributed by atoms with van der Waals surface area (Å²) in [4.78, 5) is 12.4. The van der Waals surface area contributed by atoms with Crippen LogP contribution in [0.15, 0.2) is 53.9 Å². The van der Waals surface area contributed by atoms with E-state index in [1.54, 1.807) is 30.3 Å². The molecule has 184 valence electrons. The minimum absolute atomic E-state index is 0.0405. The monoisotopic (exact) mass is 602 g/mol. The van der Waals surface area contributed by atoms with Crippen molar-refractivity contribution in [2.75, 3.05) is 6.61 Å². The molecule has 1 aliphatic heterocycles. The highest BCUT2D eigenvalue weighted by Gasteiger charge is 2.31. The fraction of sp³-hybridized carbons (Fsp3) is 0.0833. The summed E-state index contributed by atoms with van der Waals surface area (Å²) in [6.45, 7) is -0.572. The smallest absolute Gasteiger partial charge is 0.349 e. The van der Waals surface area contributed by atoms with Gasteiger partial charge in [0.1, 0.15) is 33.2 Å². The molecule has 3 aromatic carbocycles. The van der Waals surface area contributed by atoms with E-state index in [0.29, 0.717) is 16.3 Å². The van der Waals surface area contributed by atoms with Crippen LogP contribution in [0.2, 0.25) is 30.1 Å². The molecule has 0 spiro atoms. The molecule has 0 bridgehead atoms. The van der Waals surface area contributed by atoms with Gasteiger partial charge < -0.3 is 19.9 Å². The molecule has 12 heteroatoms. The first-order chi connectivity index (χ1) is 17.1. The van der Waals surface area contributed by atoms with Gasteiger partial charge in [-0.05, 0) is 23.8 Å². The maximum Gasteiger partial charge on any atom is 0.349 e. The number of allylic oxidation sites excluding steroid dienone is 1. The summed E-state index contributed by atoms with van der Waals surface area (Å²) in [7, 11) is 0. The number of halogens is 6. The van der Waals surface area contributed by atoms with Crippen LogP contribution in [0, 0.1) is 11.3 Å². The number of carbonyl (C=O) groups is 1. The summed E-state index contributed by atoms with van der Waals surface area (Å²) in [5.41, 5.74) is 7.64. The highest BCUT2D eigenvalue weighted by atomic mass is 35.5. The Morgan fingerprint density at radius 2 is 1.64 bits per heavy atom. The van der Waals surface area contributed by atoms with Crippen molar-refractivity contribution < 1.29 is 19.0 Å². The van der Waals surface area contributed by atoms with Crippen molar-refractivity contribution in [2.45, 2.75) is 5.92 Å². The second kappa shape index (κ2) is 10.9. The summed E-state index contributed by atoms with van der Waals surface area (Å²) in [5.74, 6) is -1.03. The summed E-state index contributed by atoms with van der Waals surface area (Å²) in [6, 6.07) is 13.8. The average molecular weight is 605 g/mol. The Hall–Kier alpha value is -2.50. The van der Waals surface area contributed by atoms with E-state index in [0.717, 1.165) is 5.56 Å². The Bertz CT molecular complexity index is 1440. The third-order valence-corrected chi connectivity index (χ3v) is 7.59. The number of nitrogens with zero attached hydrogens (tertiary/aromatic N) is 1. The van der Waals surface area contributed by atoms with E-state index in [-0.39, 0.29) is 48.1 Å². The number of carbonyl (C=O) groups excluding carboxylic acids is 1. The van der Waals surface area contributed by atoms with Crippen molar-refractivity contribution in [2.24, 2.45) is 5.73 Å². The zero-order valence-corrected chi connectivity index (χ0v) is 22.3. The average Bonchev–Trinajstić information content (AvgIpc) is 2.85. The van der Waals surface area contributed by atoms with Gasteiger partial charge in [0, 0.05) is 16.7 Å². The van der Waals surface area contributed by atoms with Gasteiger partial charge in [-0.3, -0.25) is 0 Å². The van der Waals surface area contributed by atoms with Gasteiger partial charge in [-0.25, -0.2) is 4.79 Å². The topological polar surface area (TPSA) is 94.6 Å². The fourth-order valence-electron chi connectivity index (χ4n) is 3.53. The third-order valence-electron chi connectivity index (χ3n) is 5.11. The van der Waals surface area contributed by atoms with Crippen molar-refractivity contribution in [3.63, 3.8) is 0 Å². The second-order valence-electron chi connectivity index (χ2n) is 7.34. The predicted molar refractivity (Wildman–Crippen MR) is 140 cm³/mol. The van der Waals surface area contributed by atoms with Crippen LogP contribution in [0.5, 0.6) is 17.2 Å². The molecule has 2 N–H and O–H groups in total. The van der Waals surface area contributed by atoms with Crippen LogP contribution in [0.3, 0.4) is 0 Å². The van der Waals surface area contributed by atoms with Gasteiger partial charge in [0.05, 0.1) is 21.0 Å². The lowest BCUT2D eigenvalue weighted by atomic mass is 9.83. The van der Waals surface area contributed by atoms with Crippen LogP contribution in [0.4, 0.5) is 0 Å². The van der Waals surface area contributed by atoms with E-state index in [1.165, 1.54) is 6.07 Å². The van der Waals surface area contributed by atoms with Gasteiger partial charge in [-0.1, -0.05) is 87.8 Å². The van der Waals surface area contributed by atoms with Crippen LogP contribution in [-0.2, 0) is 4.79 Å². The lowest BCUT2D eigenvalue weighted by Gasteiger charge is -2.26. The SMILES string of the molecule is N#CC1=C(N)Oc2cc(OC(=O)COc3c(Cl)c(Cl)c(Cl)c(Cl)c3Cl)ccc2C1c1cccc(Cl)c1. The first-order valence-corrected chi connectivity index (χ1v) is 12.2. The molecule has 1 heterocycles. The van der Waals surface area contributed by atoms with Gasteiger partial charge in [0.15, 0.2) is 12.4 Å². The lowest BCUT2D eigenvalue weighted by Crippen LogP contribution is -2.21. The van der Waals surface area contributed by atoms with Gasteiger partial charge >= 0.3 is 5.97 Å². The molecule has 0 saturated carbocycles. The number of ether oxygens (including phenoxy) is 3. The van der Waals surface area contributed by atoms with Crippen molar-refractivity contribution in [3.05, 3.63) is 95.2 Å². The summed E-state index contributed by atoms with van der Waals surface area (Å²) < 4.78 is 16.4. The maximum atomic E-state index is 12.4. The molecule has 36 heavy (non-hydrogen) atoms. The predicted octanol–water partition coefficient (Wildman–Crippen LogP) is 7.81. The van der Waals surface area contributed by atoms with Crippen molar-refractivity contribution in [1.82, 2.24) is 0 Å².